The fraction of sp³-hybridized carbons (Fsp3) is 1.00. The Hall–Kier alpha value is 0.270. The van der Waals surface area contributed by atoms with Gasteiger partial charge >= 0.3 is 0 Å². The van der Waals surface area contributed by atoms with Crippen LogP contribution >= 0.6 is 11.8 Å². The average molecular weight is 187 g/mol. The molecule has 0 saturated carbocycles. The smallest absolute Gasteiger partial charge is 0.0564 e. The number of rotatable bonds is 1. The maximum absolute atomic E-state index is 9.34. The van der Waals surface area contributed by atoms with E-state index >= 15 is 0 Å². The second kappa shape index (κ2) is 3.99. The van der Waals surface area contributed by atoms with Gasteiger partial charge in [-0.1, -0.05) is 0 Å². The summed E-state index contributed by atoms with van der Waals surface area (Å²) in [5.74, 6) is 2.65. The SMILES string of the molecule is OC1CCN([C@H]2CCSC2)CC1. The molecule has 2 rings (SSSR count). The molecule has 0 amide bonds. The summed E-state index contributed by atoms with van der Waals surface area (Å²) in [5, 5.41) is 9.34. The molecule has 0 aromatic carbocycles. The van der Waals surface area contributed by atoms with Gasteiger partial charge in [0.1, 0.15) is 0 Å². The lowest BCUT2D eigenvalue weighted by molar-refractivity contribution is 0.0663. The standard InChI is InChI=1S/C9H17NOS/c11-9-1-4-10(5-2-9)8-3-6-12-7-8/h8-9,11H,1-7H2/t8-/m0/s1. The molecule has 0 aromatic rings. The molecule has 2 aliphatic heterocycles. The fourth-order valence-corrected chi connectivity index (χ4v) is 3.32. The molecular weight excluding hydrogens is 170 g/mol. The third-order valence-corrected chi connectivity index (χ3v) is 4.07. The summed E-state index contributed by atoms with van der Waals surface area (Å²) in [5.41, 5.74) is 0. The predicted molar refractivity (Wildman–Crippen MR) is 52.5 cm³/mol. The predicted octanol–water partition coefficient (Wildman–Crippen LogP) is 0.949. The lowest BCUT2D eigenvalue weighted by Gasteiger charge is -2.33. The number of hydrogen-bond acceptors (Lipinski definition) is 3. The number of thioether (sulfide) groups is 1. The first kappa shape index (κ1) is 8.85. The Labute approximate surface area is 78.3 Å². The molecule has 3 heteroatoms. The Kier molecular flexibility index (Phi) is 2.94. The monoisotopic (exact) mass is 187 g/mol. The number of piperidine rings is 1. The van der Waals surface area contributed by atoms with Crippen LogP contribution in [0.1, 0.15) is 19.3 Å². The summed E-state index contributed by atoms with van der Waals surface area (Å²) in [7, 11) is 0. The van der Waals surface area contributed by atoms with Crippen LogP contribution in [0.15, 0.2) is 0 Å². The van der Waals surface area contributed by atoms with E-state index in [9.17, 15) is 5.11 Å². The van der Waals surface area contributed by atoms with Gasteiger partial charge in [0.2, 0.25) is 0 Å². The van der Waals surface area contributed by atoms with E-state index < -0.39 is 0 Å². The number of hydrogen-bond donors (Lipinski definition) is 1. The van der Waals surface area contributed by atoms with Gasteiger partial charge in [-0.15, -0.1) is 0 Å². The summed E-state index contributed by atoms with van der Waals surface area (Å²) in [6, 6.07) is 0.822. The Morgan fingerprint density at radius 2 is 1.92 bits per heavy atom. The van der Waals surface area contributed by atoms with Crippen LogP contribution in [0, 0.1) is 0 Å². The van der Waals surface area contributed by atoms with Gasteiger partial charge in [0.05, 0.1) is 6.10 Å². The highest BCUT2D eigenvalue weighted by molar-refractivity contribution is 7.99. The normalized spacial score (nSPS) is 34.2. The van der Waals surface area contributed by atoms with Crippen LogP contribution in [0.3, 0.4) is 0 Å². The molecule has 2 saturated heterocycles. The van der Waals surface area contributed by atoms with E-state index in [2.05, 4.69) is 16.7 Å². The van der Waals surface area contributed by atoms with Crippen molar-refractivity contribution in [1.29, 1.82) is 0 Å². The van der Waals surface area contributed by atoms with Gasteiger partial charge in [-0.3, -0.25) is 4.90 Å². The number of aliphatic hydroxyl groups is 1. The van der Waals surface area contributed by atoms with Crippen molar-refractivity contribution >= 4 is 11.8 Å². The van der Waals surface area contributed by atoms with Crippen molar-refractivity contribution in [3.05, 3.63) is 0 Å². The molecular formula is C9H17NOS. The van der Waals surface area contributed by atoms with E-state index in [1.54, 1.807) is 0 Å². The summed E-state index contributed by atoms with van der Waals surface area (Å²) < 4.78 is 0. The van der Waals surface area contributed by atoms with E-state index in [0.29, 0.717) is 0 Å². The fourth-order valence-electron chi connectivity index (χ4n) is 2.06. The Bertz CT molecular complexity index is 139. The maximum atomic E-state index is 9.34. The van der Waals surface area contributed by atoms with Crippen molar-refractivity contribution < 1.29 is 5.11 Å². The summed E-state index contributed by atoms with van der Waals surface area (Å²) in [4.78, 5) is 2.56. The van der Waals surface area contributed by atoms with Crippen LogP contribution in [0.2, 0.25) is 0 Å². The highest BCUT2D eigenvalue weighted by Crippen LogP contribution is 2.24. The van der Waals surface area contributed by atoms with Gasteiger partial charge in [0.25, 0.3) is 0 Å². The van der Waals surface area contributed by atoms with Crippen LogP contribution in [0.5, 0.6) is 0 Å². The zero-order valence-corrected chi connectivity index (χ0v) is 8.22. The molecule has 12 heavy (non-hydrogen) atoms. The Morgan fingerprint density at radius 3 is 2.50 bits per heavy atom. The van der Waals surface area contributed by atoms with E-state index in [1.807, 2.05) is 0 Å². The first-order chi connectivity index (χ1) is 5.86. The molecule has 0 radical (unpaired) electrons. The maximum Gasteiger partial charge on any atom is 0.0564 e. The topological polar surface area (TPSA) is 23.5 Å². The lowest BCUT2D eigenvalue weighted by Crippen LogP contribution is -2.42. The van der Waals surface area contributed by atoms with Gasteiger partial charge in [0.15, 0.2) is 0 Å². The molecule has 2 fully saturated rings. The molecule has 2 heterocycles. The van der Waals surface area contributed by atoms with E-state index in [0.717, 1.165) is 32.0 Å². The van der Waals surface area contributed by atoms with Crippen LogP contribution in [0.25, 0.3) is 0 Å². The molecule has 2 nitrogen and oxygen atoms in total. The van der Waals surface area contributed by atoms with Crippen molar-refractivity contribution in [2.24, 2.45) is 0 Å². The largest absolute Gasteiger partial charge is 0.393 e. The highest BCUT2D eigenvalue weighted by atomic mass is 32.2. The first-order valence-electron chi connectivity index (χ1n) is 4.86. The molecule has 0 bridgehead atoms. The highest BCUT2D eigenvalue weighted by Gasteiger charge is 2.26. The van der Waals surface area contributed by atoms with Crippen molar-refractivity contribution in [3.8, 4) is 0 Å². The third kappa shape index (κ3) is 1.95. The van der Waals surface area contributed by atoms with Crippen molar-refractivity contribution in [2.45, 2.75) is 31.4 Å². The molecule has 0 aliphatic carbocycles. The van der Waals surface area contributed by atoms with E-state index in [1.165, 1.54) is 17.9 Å². The summed E-state index contributed by atoms with van der Waals surface area (Å²) >= 11 is 2.07. The van der Waals surface area contributed by atoms with Crippen LogP contribution in [-0.2, 0) is 0 Å². The number of aliphatic hydroxyl groups excluding tert-OH is 1. The number of likely N-dealkylation sites (tertiary alicyclic amines) is 1. The molecule has 1 atom stereocenters. The minimum absolute atomic E-state index is 0.0182. The second-order valence-electron chi connectivity index (χ2n) is 3.78. The summed E-state index contributed by atoms with van der Waals surface area (Å²) in [6.45, 7) is 2.23. The van der Waals surface area contributed by atoms with Gasteiger partial charge < -0.3 is 5.11 Å². The minimum atomic E-state index is -0.0182. The van der Waals surface area contributed by atoms with Crippen LogP contribution in [0.4, 0.5) is 0 Å². The lowest BCUT2D eigenvalue weighted by atomic mass is 10.1. The van der Waals surface area contributed by atoms with Gasteiger partial charge in [0, 0.05) is 24.9 Å². The van der Waals surface area contributed by atoms with Gasteiger partial charge in [-0.25, -0.2) is 0 Å². The van der Waals surface area contributed by atoms with E-state index in [-0.39, 0.29) is 6.10 Å². The average Bonchev–Trinajstić information content (AvgIpc) is 2.58. The van der Waals surface area contributed by atoms with E-state index in [4.69, 9.17) is 0 Å². The van der Waals surface area contributed by atoms with Crippen molar-refractivity contribution in [1.82, 2.24) is 4.90 Å². The summed E-state index contributed by atoms with van der Waals surface area (Å²) in [6.07, 6.45) is 3.32. The molecule has 0 unspecified atom stereocenters. The molecule has 70 valence electrons. The molecule has 0 aromatic heterocycles. The molecule has 0 spiro atoms. The van der Waals surface area contributed by atoms with Crippen LogP contribution in [-0.4, -0.2) is 46.7 Å². The zero-order chi connectivity index (χ0) is 8.39. The van der Waals surface area contributed by atoms with Gasteiger partial charge in [-0.2, -0.15) is 11.8 Å². The molecule has 2 aliphatic rings. The van der Waals surface area contributed by atoms with Crippen molar-refractivity contribution in [2.75, 3.05) is 24.6 Å². The minimum Gasteiger partial charge on any atom is -0.393 e. The van der Waals surface area contributed by atoms with Crippen molar-refractivity contribution in [3.63, 3.8) is 0 Å². The Balaban J connectivity index is 1.80. The number of nitrogens with zero attached hydrogens (tertiary/aromatic N) is 1. The third-order valence-electron chi connectivity index (χ3n) is 2.92. The quantitative estimate of drug-likeness (QED) is 0.661. The van der Waals surface area contributed by atoms with Gasteiger partial charge in [-0.05, 0) is 25.0 Å². The van der Waals surface area contributed by atoms with Crippen LogP contribution < -0.4 is 0 Å². The first-order valence-corrected chi connectivity index (χ1v) is 6.01. The second-order valence-corrected chi connectivity index (χ2v) is 4.93. The molecule has 1 N–H and O–H groups in total. The zero-order valence-electron chi connectivity index (χ0n) is 7.41. The Morgan fingerprint density at radius 1 is 1.17 bits per heavy atom.